The molecule has 0 saturated carbocycles. The second-order valence-electron chi connectivity index (χ2n) is 13.9. The Morgan fingerprint density at radius 3 is 0.449 bits per heavy atom. The Labute approximate surface area is 302 Å². The van der Waals surface area contributed by atoms with Crippen molar-refractivity contribution in [1.82, 2.24) is 0 Å². The summed E-state index contributed by atoms with van der Waals surface area (Å²) in [6.07, 6.45) is 7.55. The highest BCUT2D eigenvalue weighted by Gasteiger charge is 2.39. The minimum Gasteiger partial charge on any atom is -0.381 e. The third-order valence-corrected chi connectivity index (χ3v) is 7.69. The molecule has 49 heavy (non-hydrogen) atoms. The molecule has 296 valence electrons. The van der Waals surface area contributed by atoms with Crippen LogP contribution in [0.5, 0.6) is 0 Å². The fourth-order valence-electron chi connectivity index (χ4n) is 5.18. The largest absolute Gasteiger partial charge is 0.381 e. The Kier molecular flexibility index (Phi) is 33.2. The fraction of sp³-hybridized carbons (Fsp3) is 1.00. The van der Waals surface area contributed by atoms with E-state index in [1.54, 1.807) is 0 Å². The maximum Gasteiger partial charge on any atom is 0.0637 e. The van der Waals surface area contributed by atoms with Crippen molar-refractivity contribution < 1.29 is 47.4 Å². The van der Waals surface area contributed by atoms with Crippen molar-refractivity contribution in [2.45, 2.75) is 107 Å². The maximum absolute atomic E-state index is 6.69. The zero-order chi connectivity index (χ0) is 36.4. The van der Waals surface area contributed by atoms with Gasteiger partial charge in [0, 0.05) is 52.9 Å². The van der Waals surface area contributed by atoms with Crippen molar-refractivity contribution >= 4 is 0 Å². The van der Waals surface area contributed by atoms with Gasteiger partial charge in [-0.25, -0.2) is 0 Å². The molecule has 10 heteroatoms. The second-order valence-corrected chi connectivity index (χ2v) is 13.9. The van der Waals surface area contributed by atoms with Crippen LogP contribution in [0.2, 0.25) is 0 Å². The van der Waals surface area contributed by atoms with Gasteiger partial charge in [-0.1, -0.05) is 55.4 Å². The summed E-state index contributed by atoms with van der Waals surface area (Å²) in [6, 6.07) is 0. The van der Waals surface area contributed by atoms with E-state index in [9.17, 15) is 0 Å². The predicted octanol–water partition coefficient (Wildman–Crippen LogP) is 7.39. The van der Waals surface area contributed by atoms with Gasteiger partial charge in [0.1, 0.15) is 0 Å². The van der Waals surface area contributed by atoms with Gasteiger partial charge in [0.15, 0.2) is 0 Å². The van der Waals surface area contributed by atoms with Crippen LogP contribution >= 0.6 is 0 Å². The van der Waals surface area contributed by atoms with Gasteiger partial charge in [-0.05, 0) is 51.4 Å². The first-order valence-electron chi connectivity index (χ1n) is 19.7. The molecule has 0 aromatic heterocycles. The van der Waals surface area contributed by atoms with E-state index in [4.69, 9.17) is 47.4 Å². The fourth-order valence-corrected chi connectivity index (χ4v) is 5.18. The lowest BCUT2D eigenvalue weighted by Crippen LogP contribution is -2.47. The van der Waals surface area contributed by atoms with Gasteiger partial charge in [0.05, 0.1) is 95.5 Å². The van der Waals surface area contributed by atoms with E-state index in [1.807, 2.05) is 0 Å². The molecule has 0 N–H and O–H groups in total. The van der Waals surface area contributed by atoms with Crippen LogP contribution in [-0.4, -0.2) is 132 Å². The summed E-state index contributed by atoms with van der Waals surface area (Å²) in [7, 11) is 0. The van der Waals surface area contributed by atoms with E-state index < -0.39 is 16.2 Å². The summed E-state index contributed by atoms with van der Waals surface area (Å²) in [5, 5.41) is 0. The molecule has 0 amide bonds. The Bertz CT molecular complexity index is 571. The average molecular weight is 709 g/mol. The lowest BCUT2D eigenvalue weighted by atomic mass is 9.89. The maximum atomic E-state index is 6.69. The molecule has 0 aromatic carbocycles. The highest BCUT2D eigenvalue weighted by molar-refractivity contribution is 4.85. The van der Waals surface area contributed by atoms with Crippen LogP contribution in [0.4, 0.5) is 0 Å². The summed E-state index contributed by atoms with van der Waals surface area (Å²) in [4.78, 5) is 0. The molecule has 0 fully saturated rings. The van der Waals surface area contributed by atoms with E-state index in [1.165, 1.54) is 0 Å². The highest BCUT2D eigenvalue weighted by Crippen LogP contribution is 2.28. The van der Waals surface area contributed by atoms with Crippen molar-refractivity contribution in [2.24, 2.45) is 16.2 Å². The van der Waals surface area contributed by atoms with E-state index in [0.717, 1.165) is 51.4 Å². The third-order valence-electron chi connectivity index (χ3n) is 7.69. The normalized spacial score (nSPS) is 12.7. The van der Waals surface area contributed by atoms with Gasteiger partial charge >= 0.3 is 0 Å². The average Bonchev–Trinajstić information content (AvgIpc) is 3.09. The van der Waals surface area contributed by atoms with Crippen LogP contribution in [0.25, 0.3) is 0 Å². The smallest absolute Gasteiger partial charge is 0.0637 e. The van der Waals surface area contributed by atoms with E-state index in [-0.39, 0.29) is 0 Å². The molecule has 0 heterocycles. The Morgan fingerprint density at radius 2 is 0.327 bits per heavy atom. The molecule has 0 aliphatic heterocycles. The zero-order valence-electron chi connectivity index (χ0n) is 33.4. The topological polar surface area (TPSA) is 92.3 Å². The van der Waals surface area contributed by atoms with Gasteiger partial charge in [-0.15, -0.1) is 0 Å². The van der Waals surface area contributed by atoms with E-state index >= 15 is 0 Å². The van der Waals surface area contributed by atoms with Crippen LogP contribution in [0.15, 0.2) is 0 Å². The van der Waals surface area contributed by atoms with Gasteiger partial charge < -0.3 is 47.4 Å². The highest BCUT2D eigenvalue weighted by atomic mass is 16.5. The molecule has 0 spiro atoms. The van der Waals surface area contributed by atoms with Crippen molar-refractivity contribution in [3.8, 4) is 0 Å². The first-order chi connectivity index (χ1) is 23.9. The Morgan fingerprint density at radius 1 is 0.204 bits per heavy atom. The van der Waals surface area contributed by atoms with Gasteiger partial charge in [0.25, 0.3) is 0 Å². The molecule has 0 atom stereocenters. The van der Waals surface area contributed by atoms with Crippen LogP contribution in [-0.2, 0) is 47.4 Å². The van der Waals surface area contributed by atoms with Gasteiger partial charge in [0.2, 0.25) is 0 Å². The third kappa shape index (κ3) is 24.5. The monoisotopic (exact) mass is 709 g/mol. The molecular formula is C39H80O10. The minimum atomic E-state index is -0.528. The minimum absolute atomic E-state index is 0.398. The standard InChI is InChI=1S/C39H80O10/c1-9-17-40-25-37(26-41-18-10-2,27-42-19-11-3)33-48-35-39(31-46-23-15-7,32-47-24-16-8)36-49-34-38(28-43-20-12-4,29-44-21-13-5)30-45-22-14-6/h9-36H2,1-8H3. The Hall–Kier alpha value is -0.400. The molecule has 0 radical (unpaired) electrons. The molecule has 10 nitrogen and oxygen atoms in total. The number of hydrogen-bond donors (Lipinski definition) is 0. The first kappa shape index (κ1) is 48.6. The van der Waals surface area contributed by atoms with Crippen LogP contribution in [0.3, 0.4) is 0 Å². The molecule has 0 unspecified atom stereocenters. The summed E-state index contributed by atoms with van der Waals surface area (Å²) in [5.41, 5.74) is -1.39. The first-order valence-corrected chi connectivity index (χ1v) is 19.7. The Balaban J connectivity index is 6.22. The van der Waals surface area contributed by atoms with Crippen molar-refractivity contribution in [3.05, 3.63) is 0 Å². The summed E-state index contributed by atoms with van der Waals surface area (Å²) in [5.74, 6) is 0. The molecule has 0 aliphatic carbocycles. The second kappa shape index (κ2) is 33.4. The molecular weight excluding hydrogens is 628 g/mol. The van der Waals surface area contributed by atoms with Gasteiger partial charge in [-0.2, -0.15) is 0 Å². The molecule has 0 aromatic rings. The number of ether oxygens (including phenoxy) is 10. The van der Waals surface area contributed by atoms with Crippen LogP contribution in [0, 0.1) is 16.2 Å². The summed E-state index contributed by atoms with van der Waals surface area (Å²) in [6.45, 7) is 28.0. The van der Waals surface area contributed by atoms with Crippen molar-refractivity contribution in [2.75, 3.05) is 132 Å². The number of rotatable bonds is 40. The molecule has 0 saturated heterocycles. The molecule has 0 rings (SSSR count). The number of hydrogen-bond acceptors (Lipinski definition) is 10. The summed E-state index contributed by atoms with van der Waals surface area (Å²) < 4.78 is 62.6. The molecule has 0 bridgehead atoms. The van der Waals surface area contributed by atoms with Gasteiger partial charge in [-0.3, -0.25) is 0 Å². The molecule has 0 aliphatic rings. The zero-order valence-corrected chi connectivity index (χ0v) is 33.4. The SMILES string of the molecule is CCCOCC(COCCC)(COCCC)COCC(COCCC)(COCCC)COCC(COCCC)(COCCC)COCCC. The van der Waals surface area contributed by atoms with E-state index in [2.05, 4.69) is 55.4 Å². The van der Waals surface area contributed by atoms with Crippen LogP contribution in [0.1, 0.15) is 107 Å². The quantitative estimate of drug-likeness (QED) is 0.0600. The van der Waals surface area contributed by atoms with E-state index in [0.29, 0.717) is 132 Å². The van der Waals surface area contributed by atoms with Crippen LogP contribution < -0.4 is 0 Å². The summed E-state index contributed by atoms with van der Waals surface area (Å²) >= 11 is 0. The van der Waals surface area contributed by atoms with Crippen molar-refractivity contribution in [3.63, 3.8) is 0 Å². The lowest BCUT2D eigenvalue weighted by Gasteiger charge is -2.38. The predicted molar refractivity (Wildman–Crippen MR) is 198 cm³/mol. The van der Waals surface area contributed by atoms with Crippen molar-refractivity contribution in [1.29, 1.82) is 0 Å². The lowest BCUT2D eigenvalue weighted by molar-refractivity contribution is -0.156.